The lowest BCUT2D eigenvalue weighted by Crippen LogP contribution is -2.52. The molecule has 0 saturated carbocycles. The van der Waals surface area contributed by atoms with Crippen LogP contribution in [0.4, 0.5) is 0 Å². The molecule has 0 radical (unpaired) electrons. The third-order valence-corrected chi connectivity index (χ3v) is 4.79. The van der Waals surface area contributed by atoms with Gasteiger partial charge < -0.3 is 10.1 Å². The summed E-state index contributed by atoms with van der Waals surface area (Å²) in [6.45, 7) is 6.57. The number of amides is 1. The number of esters is 1. The first kappa shape index (κ1) is 20.6. The summed E-state index contributed by atoms with van der Waals surface area (Å²) >= 11 is 17.8. The van der Waals surface area contributed by atoms with Crippen molar-refractivity contribution >= 4 is 46.7 Å². The number of nitriles is 1. The topological polar surface area (TPSA) is 79.2 Å². The SMILES string of the molecule is CC(C)[C@@](C)(C#N)NC(=O)[C@H](C)OC(=O)c1c(Cl)ccc(Cl)c1Cl. The van der Waals surface area contributed by atoms with Gasteiger partial charge in [-0.1, -0.05) is 48.7 Å². The highest BCUT2D eigenvalue weighted by Crippen LogP contribution is 2.32. The molecule has 1 rings (SSSR count). The van der Waals surface area contributed by atoms with E-state index in [2.05, 4.69) is 5.32 Å². The van der Waals surface area contributed by atoms with Crippen molar-refractivity contribution in [1.29, 1.82) is 5.26 Å². The maximum Gasteiger partial charge on any atom is 0.342 e. The highest BCUT2D eigenvalue weighted by molar-refractivity contribution is 6.46. The zero-order valence-corrected chi connectivity index (χ0v) is 15.9. The molecule has 0 spiro atoms. The Balaban J connectivity index is 2.91. The van der Waals surface area contributed by atoms with E-state index < -0.39 is 23.5 Å². The lowest BCUT2D eigenvalue weighted by Gasteiger charge is -2.28. The number of benzene rings is 1. The van der Waals surface area contributed by atoms with Gasteiger partial charge in [-0.2, -0.15) is 5.26 Å². The van der Waals surface area contributed by atoms with Crippen molar-refractivity contribution in [2.75, 3.05) is 0 Å². The zero-order valence-electron chi connectivity index (χ0n) is 13.6. The van der Waals surface area contributed by atoms with Gasteiger partial charge in [0.15, 0.2) is 6.10 Å². The Bertz CT molecular complexity index is 701. The Morgan fingerprint density at radius 3 is 2.25 bits per heavy atom. The monoisotopic (exact) mass is 390 g/mol. The molecule has 1 amide bonds. The van der Waals surface area contributed by atoms with Crippen LogP contribution in [0.3, 0.4) is 0 Å². The second-order valence-electron chi connectivity index (χ2n) is 5.72. The first-order valence-electron chi connectivity index (χ1n) is 7.11. The zero-order chi connectivity index (χ0) is 18.7. The number of nitrogens with one attached hydrogen (secondary N) is 1. The molecule has 0 saturated heterocycles. The Morgan fingerprint density at radius 1 is 1.21 bits per heavy atom. The summed E-state index contributed by atoms with van der Waals surface area (Å²) in [6, 6.07) is 4.89. The lowest BCUT2D eigenvalue weighted by atomic mass is 9.90. The van der Waals surface area contributed by atoms with E-state index in [0.717, 1.165) is 0 Å². The largest absolute Gasteiger partial charge is 0.449 e. The summed E-state index contributed by atoms with van der Waals surface area (Å²) in [5.41, 5.74) is -1.19. The molecule has 1 N–H and O–H groups in total. The standard InChI is InChI=1S/C16H17Cl3N2O3/c1-8(2)16(4,7-20)21-14(22)9(3)24-15(23)12-10(17)5-6-11(18)13(12)19/h5-6,8-9H,1-4H3,(H,21,22)/t9-,16+/m0/s1. The van der Waals surface area contributed by atoms with Crippen LogP contribution in [0.1, 0.15) is 38.1 Å². The molecule has 24 heavy (non-hydrogen) atoms. The summed E-state index contributed by atoms with van der Waals surface area (Å²) in [4.78, 5) is 24.4. The van der Waals surface area contributed by atoms with Crippen molar-refractivity contribution in [1.82, 2.24) is 5.32 Å². The number of hydrogen-bond acceptors (Lipinski definition) is 4. The molecule has 0 heterocycles. The van der Waals surface area contributed by atoms with Crippen LogP contribution in [0.25, 0.3) is 0 Å². The second-order valence-corrected chi connectivity index (χ2v) is 6.92. The van der Waals surface area contributed by atoms with Gasteiger partial charge >= 0.3 is 5.97 Å². The molecule has 1 aromatic carbocycles. The van der Waals surface area contributed by atoms with Crippen LogP contribution < -0.4 is 5.32 Å². The number of nitrogens with zero attached hydrogens (tertiary/aromatic N) is 1. The number of ether oxygens (including phenoxy) is 1. The van der Waals surface area contributed by atoms with Gasteiger partial charge in [-0.05, 0) is 31.9 Å². The fourth-order valence-corrected chi connectivity index (χ4v) is 2.33. The molecule has 5 nitrogen and oxygen atoms in total. The van der Waals surface area contributed by atoms with Crippen LogP contribution in [-0.4, -0.2) is 23.5 Å². The van der Waals surface area contributed by atoms with E-state index in [9.17, 15) is 14.9 Å². The first-order chi connectivity index (χ1) is 11.0. The molecule has 2 atom stereocenters. The van der Waals surface area contributed by atoms with Gasteiger partial charge in [0.2, 0.25) is 0 Å². The molecular weight excluding hydrogens is 375 g/mol. The highest BCUT2D eigenvalue weighted by Gasteiger charge is 2.33. The Labute approximate surface area is 155 Å². The normalized spacial score (nSPS) is 14.5. The Kier molecular flexibility index (Phi) is 6.91. The quantitative estimate of drug-likeness (QED) is 0.601. The van der Waals surface area contributed by atoms with Gasteiger partial charge in [0.05, 0.1) is 26.7 Å². The van der Waals surface area contributed by atoms with Crippen LogP contribution in [0.2, 0.25) is 15.1 Å². The van der Waals surface area contributed by atoms with Crippen LogP contribution in [0.15, 0.2) is 12.1 Å². The molecule has 0 fully saturated rings. The Morgan fingerprint density at radius 2 is 1.75 bits per heavy atom. The number of hydrogen-bond donors (Lipinski definition) is 1. The summed E-state index contributed by atoms with van der Waals surface area (Å²) in [5.74, 6) is -1.61. The fraction of sp³-hybridized carbons (Fsp3) is 0.438. The predicted molar refractivity (Wildman–Crippen MR) is 93.3 cm³/mol. The number of carbonyl (C=O) groups excluding carboxylic acids is 2. The van der Waals surface area contributed by atoms with Crippen LogP contribution in [0, 0.1) is 17.2 Å². The molecule has 0 aromatic heterocycles. The highest BCUT2D eigenvalue weighted by atomic mass is 35.5. The van der Waals surface area contributed by atoms with Crippen molar-refractivity contribution in [2.45, 2.75) is 39.3 Å². The fourth-order valence-electron chi connectivity index (χ4n) is 1.65. The summed E-state index contributed by atoms with van der Waals surface area (Å²) in [6.07, 6.45) is -1.14. The van der Waals surface area contributed by atoms with Gasteiger partial charge in [-0.3, -0.25) is 4.79 Å². The van der Waals surface area contributed by atoms with Crippen LogP contribution >= 0.6 is 34.8 Å². The summed E-state index contributed by atoms with van der Waals surface area (Å²) < 4.78 is 5.10. The number of carbonyl (C=O) groups is 2. The summed E-state index contributed by atoms with van der Waals surface area (Å²) in [5, 5.41) is 11.9. The average molecular weight is 392 g/mol. The molecular formula is C16H17Cl3N2O3. The van der Waals surface area contributed by atoms with Crippen molar-refractivity contribution in [2.24, 2.45) is 5.92 Å². The molecule has 0 aliphatic heterocycles. The van der Waals surface area contributed by atoms with Crippen molar-refractivity contribution in [3.63, 3.8) is 0 Å². The average Bonchev–Trinajstić information content (AvgIpc) is 2.50. The minimum atomic E-state index is -1.14. The van der Waals surface area contributed by atoms with E-state index in [0.29, 0.717) is 0 Å². The van der Waals surface area contributed by atoms with Gasteiger partial charge in [-0.25, -0.2) is 4.79 Å². The van der Waals surface area contributed by atoms with Gasteiger partial charge in [0.25, 0.3) is 5.91 Å². The predicted octanol–water partition coefficient (Wildman–Crippen LogP) is 4.25. The van der Waals surface area contributed by atoms with E-state index in [4.69, 9.17) is 39.5 Å². The molecule has 130 valence electrons. The van der Waals surface area contributed by atoms with Crippen molar-refractivity contribution < 1.29 is 14.3 Å². The molecule has 0 aliphatic rings. The van der Waals surface area contributed by atoms with Gasteiger partial charge in [0.1, 0.15) is 5.54 Å². The molecule has 0 bridgehead atoms. The molecule has 0 unspecified atom stereocenters. The van der Waals surface area contributed by atoms with Gasteiger partial charge in [-0.15, -0.1) is 0 Å². The molecule has 1 aromatic rings. The minimum absolute atomic E-state index is 0.0502. The minimum Gasteiger partial charge on any atom is -0.449 e. The third-order valence-electron chi connectivity index (χ3n) is 3.67. The van der Waals surface area contributed by atoms with E-state index in [1.165, 1.54) is 19.1 Å². The Hall–Kier alpha value is -1.48. The maximum absolute atomic E-state index is 12.2. The first-order valence-corrected chi connectivity index (χ1v) is 8.24. The van der Waals surface area contributed by atoms with Crippen molar-refractivity contribution in [3.8, 4) is 6.07 Å². The maximum atomic E-state index is 12.2. The summed E-state index contributed by atoms with van der Waals surface area (Å²) in [7, 11) is 0. The number of rotatable bonds is 5. The van der Waals surface area contributed by atoms with Crippen LogP contribution in [-0.2, 0) is 9.53 Å². The van der Waals surface area contributed by atoms with Crippen LogP contribution in [0.5, 0.6) is 0 Å². The third kappa shape index (κ3) is 4.54. The molecule has 8 heteroatoms. The second kappa shape index (κ2) is 8.06. The smallest absolute Gasteiger partial charge is 0.342 e. The lowest BCUT2D eigenvalue weighted by molar-refractivity contribution is -0.130. The van der Waals surface area contributed by atoms with E-state index >= 15 is 0 Å². The van der Waals surface area contributed by atoms with E-state index in [1.807, 2.05) is 6.07 Å². The van der Waals surface area contributed by atoms with E-state index in [-0.39, 0.29) is 26.5 Å². The van der Waals surface area contributed by atoms with Crippen molar-refractivity contribution in [3.05, 3.63) is 32.8 Å². The van der Waals surface area contributed by atoms with E-state index in [1.54, 1.807) is 20.8 Å². The van der Waals surface area contributed by atoms with Gasteiger partial charge in [0, 0.05) is 0 Å². The number of halogens is 3. The molecule has 0 aliphatic carbocycles.